The van der Waals surface area contributed by atoms with Crippen molar-refractivity contribution in [3.8, 4) is 0 Å². The minimum atomic E-state index is 0. The smallest absolute Gasteiger partial charge is 0.191 e. The minimum absolute atomic E-state index is 0. The van der Waals surface area contributed by atoms with Crippen molar-refractivity contribution in [2.24, 2.45) is 10.4 Å². The van der Waals surface area contributed by atoms with Gasteiger partial charge in [-0.25, -0.2) is 0 Å². The molecule has 0 atom stereocenters. The van der Waals surface area contributed by atoms with Gasteiger partial charge in [0.05, 0.1) is 19.8 Å². The number of hydrogen-bond donors (Lipinski definition) is 2. The van der Waals surface area contributed by atoms with Gasteiger partial charge in [-0.05, 0) is 36.8 Å². The van der Waals surface area contributed by atoms with E-state index in [-0.39, 0.29) is 29.4 Å². The van der Waals surface area contributed by atoms with Crippen molar-refractivity contribution in [2.45, 2.75) is 46.5 Å². The van der Waals surface area contributed by atoms with Gasteiger partial charge in [0.2, 0.25) is 0 Å². The molecule has 5 heteroatoms. The molecule has 1 fully saturated rings. The Kier molecular flexibility index (Phi) is 9.79. The maximum absolute atomic E-state index is 5.29. The number of rotatable bonds is 8. The molecule has 0 radical (unpaired) electrons. The van der Waals surface area contributed by atoms with Crippen LogP contribution in [0.4, 0.5) is 0 Å². The molecular formula is C20H34IN3O. The van der Waals surface area contributed by atoms with Gasteiger partial charge in [0.1, 0.15) is 0 Å². The van der Waals surface area contributed by atoms with Crippen LogP contribution >= 0.6 is 24.0 Å². The van der Waals surface area contributed by atoms with Crippen LogP contribution in [0.2, 0.25) is 0 Å². The molecule has 1 aliphatic heterocycles. The first-order valence-corrected chi connectivity index (χ1v) is 9.21. The van der Waals surface area contributed by atoms with E-state index < -0.39 is 0 Å². The van der Waals surface area contributed by atoms with Gasteiger partial charge in [-0.1, -0.05) is 45.0 Å². The molecular weight excluding hydrogens is 425 g/mol. The summed E-state index contributed by atoms with van der Waals surface area (Å²) in [4.78, 5) is 4.70. The standard InChI is InChI=1S/C20H33N3O.HI/c1-5-21-19(23-13-20(4)14-24-15-20)22-12-6-7-17-8-10-18(11-9-17)16(2)3;/h8-11,16H,5-7,12-15H2,1-4H3,(H2,21,22,23);1H. The fourth-order valence-corrected chi connectivity index (χ4v) is 2.72. The number of aryl methyl sites for hydroxylation is 1. The van der Waals surface area contributed by atoms with Crippen molar-refractivity contribution >= 4 is 29.9 Å². The van der Waals surface area contributed by atoms with Crippen LogP contribution in [0.1, 0.15) is 51.2 Å². The molecule has 0 spiro atoms. The molecule has 25 heavy (non-hydrogen) atoms. The molecule has 1 aromatic rings. The third-order valence-electron chi connectivity index (χ3n) is 4.45. The lowest BCUT2D eigenvalue weighted by atomic mass is 9.89. The average Bonchev–Trinajstić information content (AvgIpc) is 2.55. The van der Waals surface area contributed by atoms with E-state index in [4.69, 9.17) is 9.73 Å². The Balaban J connectivity index is 0.00000312. The first kappa shape index (κ1) is 22.2. The third-order valence-corrected chi connectivity index (χ3v) is 4.45. The summed E-state index contributed by atoms with van der Waals surface area (Å²) in [7, 11) is 0. The van der Waals surface area contributed by atoms with E-state index in [9.17, 15) is 0 Å². The molecule has 0 aliphatic carbocycles. The van der Waals surface area contributed by atoms with E-state index in [2.05, 4.69) is 62.6 Å². The summed E-state index contributed by atoms with van der Waals surface area (Å²) in [6, 6.07) is 9.01. The normalized spacial score (nSPS) is 16.1. The van der Waals surface area contributed by atoms with Crippen molar-refractivity contribution in [1.29, 1.82) is 0 Å². The number of hydrogen-bond acceptors (Lipinski definition) is 2. The molecule has 1 saturated heterocycles. The molecule has 142 valence electrons. The molecule has 4 nitrogen and oxygen atoms in total. The van der Waals surface area contributed by atoms with Crippen LogP contribution in [0, 0.1) is 5.41 Å². The Bertz CT molecular complexity index is 524. The second-order valence-electron chi connectivity index (χ2n) is 7.43. The Morgan fingerprint density at radius 1 is 1.20 bits per heavy atom. The summed E-state index contributed by atoms with van der Waals surface area (Å²) in [6.45, 7) is 13.1. The number of nitrogens with one attached hydrogen (secondary N) is 2. The number of guanidine groups is 1. The first-order valence-electron chi connectivity index (χ1n) is 9.21. The molecule has 2 rings (SSSR count). The molecule has 0 bridgehead atoms. The number of aliphatic imine (C=N–C) groups is 1. The zero-order valence-electron chi connectivity index (χ0n) is 16.1. The van der Waals surface area contributed by atoms with Crippen LogP contribution in [-0.4, -0.2) is 38.8 Å². The molecule has 1 heterocycles. The van der Waals surface area contributed by atoms with Crippen molar-refractivity contribution in [3.63, 3.8) is 0 Å². The predicted molar refractivity (Wildman–Crippen MR) is 117 cm³/mol. The second-order valence-corrected chi connectivity index (χ2v) is 7.43. The van der Waals surface area contributed by atoms with E-state index in [0.29, 0.717) is 5.92 Å². The Morgan fingerprint density at radius 3 is 2.40 bits per heavy atom. The summed E-state index contributed by atoms with van der Waals surface area (Å²) < 4.78 is 5.29. The third kappa shape index (κ3) is 7.52. The van der Waals surface area contributed by atoms with Crippen molar-refractivity contribution in [3.05, 3.63) is 35.4 Å². The van der Waals surface area contributed by atoms with Crippen molar-refractivity contribution in [2.75, 3.05) is 32.8 Å². The summed E-state index contributed by atoms with van der Waals surface area (Å²) >= 11 is 0. The highest BCUT2D eigenvalue weighted by Gasteiger charge is 2.33. The van der Waals surface area contributed by atoms with Gasteiger partial charge < -0.3 is 15.4 Å². The minimum Gasteiger partial charge on any atom is -0.380 e. The zero-order chi connectivity index (χ0) is 17.4. The van der Waals surface area contributed by atoms with Crippen molar-refractivity contribution in [1.82, 2.24) is 10.6 Å². The van der Waals surface area contributed by atoms with Gasteiger partial charge >= 0.3 is 0 Å². The van der Waals surface area contributed by atoms with Gasteiger partial charge in [0, 0.05) is 18.5 Å². The van der Waals surface area contributed by atoms with Crippen LogP contribution in [0.3, 0.4) is 0 Å². The fourth-order valence-electron chi connectivity index (χ4n) is 2.72. The van der Waals surface area contributed by atoms with E-state index in [1.165, 1.54) is 11.1 Å². The highest BCUT2D eigenvalue weighted by atomic mass is 127. The van der Waals surface area contributed by atoms with Gasteiger partial charge in [-0.2, -0.15) is 0 Å². The maximum atomic E-state index is 5.29. The van der Waals surface area contributed by atoms with Gasteiger partial charge in [0.25, 0.3) is 0 Å². The van der Waals surface area contributed by atoms with Crippen LogP contribution in [0.15, 0.2) is 29.3 Å². The molecule has 1 aliphatic rings. The zero-order valence-corrected chi connectivity index (χ0v) is 18.4. The van der Waals surface area contributed by atoms with E-state index in [1.807, 2.05) is 0 Å². The molecule has 0 aromatic heterocycles. The molecule has 0 amide bonds. The highest BCUT2D eigenvalue weighted by Crippen LogP contribution is 2.26. The van der Waals surface area contributed by atoms with Crippen molar-refractivity contribution < 1.29 is 4.74 Å². The monoisotopic (exact) mass is 459 g/mol. The maximum Gasteiger partial charge on any atom is 0.191 e. The van der Waals surface area contributed by atoms with Gasteiger partial charge in [0.15, 0.2) is 5.96 Å². The number of halogens is 1. The molecule has 1 aromatic carbocycles. The lowest BCUT2D eigenvalue weighted by Gasteiger charge is -2.36. The topological polar surface area (TPSA) is 45.7 Å². The molecule has 0 unspecified atom stereocenters. The predicted octanol–water partition coefficient (Wildman–Crippen LogP) is 3.95. The summed E-state index contributed by atoms with van der Waals surface area (Å²) in [5.41, 5.74) is 3.04. The van der Waals surface area contributed by atoms with Crippen LogP contribution < -0.4 is 10.6 Å². The van der Waals surface area contributed by atoms with Crippen LogP contribution in [0.25, 0.3) is 0 Å². The first-order chi connectivity index (χ1) is 11.5. The highest BCUT2D eigenvalue weighted by molar-refractivity contribution is 14.0. The largest absolute Gasteiger partial charge is 0.380 e. The number of ether oxygens (including phenoxy) is 1. The van der Waals surface area contributed by atoms with Crippen LogP contribution in [-0.2, 0) is 11.2 Å². The van der Waals surface area contributed by atoms with E-state index >= 15 is 0 Å². The Morgan fingerprint density at radius 2 is 1.88 bits per heavy atom. The Labute approximate surface area is 170 Å². The second kappa shape index (κ2) is 11.0. The number of benzene rings is 1. The quantitative estimate of drug-likeness (QED) is 0.268. The summed E-state index contributed by atoms with van der Waals surface area (Å²) in [5, 5.41) is 6.76. The number of nitrogens with zero attached hydrogens (tertiary/aromatic N) is 1. The van der Waals surface area contributed by atoms with E-state index in [0.717, 1.165) is 51.6 Å². The SMILES string of the molecule is CCNC(=NCC1(C)COC1)NCCCc1ccc(C(C)C)cc1.I. The fraction of sp³-hybridized carbons (Fsp3) is 0.650. The lowest BCUT2D eigenvalue weighted by molar-refractivity contribution is -0.0945. The molecule has 2 N–H and O–H groups in total. The Hall–Kier alpha value is -0.820. The summed E-state index contributed by atoms with van der Waals surface area (Å²) in [5.74, 6) is 1.52. The van der Waals surface area contributed by atoms with Gasteiger partial charge in [-0.15, -0.1) is 24.0 Å². The van der Waals surface area contributed by atoms with Crippen LogP contribution in [0.5, 0.6) is 0 Å². The average molecular weight is 459 g/mol. The summed E-state index contributed by atoms with van der Waals surface area (Å²) in [6.07, 6.45) is 2.20. The molecule has 0 saturated carbocycles. The van der Waals surface area contributed by atoms with E-state index in [1.54, 1.807) is 0 Å². The lowest BCUT2D eigenvalue weighted by Crippen LogP contribution is -2.44. The van der Waals surface area contributed by atoms with Gasteiger partial charge in [-0.3, -0.25) is 4.99 Å².